The average molecular weight is 269 g/mol. The highest BCUT2D eigenvalue weighted by molar-refractivity contribution is 5.77. The van der Waals surface area contributed by atoms with Crippen LogP contribution >= 0.6 is 0 Å². The van der Waals surface area contributed by atoms with Crippen molar-refractivity contribution in [2.24, 2.45) is 11.7 Å². The first kappa shape index (κ1) is 14.8. The summed E-state index contributed by atoms with van der Waals surface area (Å²) in [7, 11) is 2.09. The molecule has 5 heteroatoms. The zero-order valence-corrected chi connectivity index (χ0v) is 12.2. The summed E-state index contributed by atoms with van der Waals surface area (Å²) in [6.07, 6.45) is 3.14. The van der Waals surface area contributed by atoms with E-state index in [2.05, 4.69) is 11.9 Å². The molecule has 1 saturated heterocycles. The third-order valence-corrected chi connectivity index (χ3v) is 4.34. The van der Waals surface area contributed by atoms with Gasteiger partial charge in [-0.3, -0.25) is 4.79 Å². The zero-order chi connectivity index (χ0) is 13.8. The van der Waals surface area contributed by atoms with Crippen molar-refractivity contribution in [1.29, 1.82) is 0 Å². The van der Waals surface area contributed by atoms with E-state index in [0.717, 1.165) is 39.1 Å². The van der Waals surface area contributed by atoms with Crippen molar-refractivity contribution >= 4 is 5.91 Å². The van der Waals surface area contributed by atoms with Crippen molar-refractivity contribution in [2.75, 3.05) is 39.8 Å². The minimum Gasteiger partial charge on any atom is -0.378 e. The molecule has 1 amide bonds. The van der Waals surface area contributed by atoms with Gasteiger partial charge in [0.15, 0.2) is 0 Å². The molecule has 1 atom stereocenters. The van der Waals surface area contributed by atoms with Gasteiger partial charge >= 0.3 is 0 Å². The number of rotatable bonds is 5. The van der Waals surface area contributed by atoms with Gasteiger partial charge in [0, 0.05) is 39.2 Å². The molecule has 19 heavy (non-hydrogen) atoms. The van der Waals surface area contributed by atoms with E-state index in [1.54, 1.807) is 0 Å². The maximum atomic E-state index is 12.4. The minimum atomic E-state index is 0.189. The molecule has 1 aliphatic carbocycles. The molecular weight excluding hydrogens is 242 g/mol. The molecule has 2 rings (SSSR count). The molecule has 1 saturated carbocycles. The van der Waals surface area contributed by atoms with Crippen molar-refractivity contribution in [3.63, 3.8) is 0 Å². The lowest BCUT2D eigenvalue weighted by Crippen LogP contribution is -2.57. The van der Waals surface area contributed by atoms with Crippen LogP contribution in [-0.2, 0) is 9.53 Å². The minimum absolute atomic E-state index is 0.189. The number of hydrogen-bond donors (Lipinski definition) is 1. The van der Waals surface area contributed by atoms with Gasteiger partial charge in [-0.05, 0) is 32.7 Å². The molecule has 0 radical (unpaired) electrons. The maximum absolute atomic E-state index is 12.4. The van der Waals surface area contributed by atoms with E-state index in [1.165, 1.54) is 0 Å². The van der Waals surface area contributed by atoms with E-state index in [9.17, 15) is 4.79 Å². The highest BCUT2D eigenvalue weighted by Crippen LogP contribution is 2.33. The van der Waals surface area contributed by atoms with Gasteiger partial charge in [0.05, 0.1) is 12.1 Å². The number of carbonyl (C=O) groups is 1. The Bertz CT molecular complexity index is 305. The van der Waals surface area contributed by atoms with E-state index < -0.39 is 0 Å². The normalized spacial score (nSPS) is 32.2. The van der Waals surface area contributed by atoms with Crippen molar-refractivity contribution in [3.8, 4) is 0 Å². The van der Waals surface area contributed by atoms with Crippen molar-refractivity contribution < 1.29 is 9.53 Å². The van der Waals surface area contributed by atoms with Gasteiger partial charge in [0.1, 0.15) is 0 Å². The molecule has 0 aromatic rings. The molecule has 1 heterocycles. The lowest BCUT2D eigenvalue weighted by Gasteiger charge is -2.41. The van der Waals surface area contributed by atoms with Crippen LogP contribution in [0.3, 0.4) is 0 Å². The number of likely N-dealkylation sites (N-methyl/N-ethyl adjacent to an activating group) is 1. The molecule has 1 unspecified atom stereocenters. The molecule has 1 aliphatic heterocycles. The van der Waals surface area contributed by atoms with Crippen molar-refractivity contribution in [1.82, 2.24) is 9.80 Å². The Morgan fingerprint density at radius 1 is 1.37 bits per heavy atom. The van der Waals surface area contributed by atoms with Crippen LogP contribution < -0.4 is 5.73 Å². The number of ether oxygens (including phenoxy) is 1. The number of nitrogens with two attached hydrogens (primary N) is 1. The number of piperazine rings is 1. The third-order valence-electron chi connectivity index (χ3n) is 4.34. The van der Waals surface area contributed by atoms with Crippen molar-refractivity contribution in [3.05, 3.63) is 0 Å². The van der Waals surface area contributed by atoms with Crippen LogP contribution in [0.15, 0.2) is 0 Å². The number of nitrogens with zero attached hydrogens (tertiary/aromatic N) is 2. The van der Waals surface area contributed by atoms with Crippen LogP contribution in [0.2, 0.25) is 0 Å². The molecule has 5 nitrogen and oxygen atoms in total. The lowest BCUT2D eigenvalue weighted by molar-refractivity contribution is -0.138. The Morgan fingerprint density at radius 2 is 2.11 bits per heavy atom. The summed E-state index contributed by atoms with van der Waals surface area (Å²) in [5.74, 6) is 0.797. The molecule has 0 spiro atoms. The SMILES string of the molecule is CCOC1CC(CC(=O)N2CCN(C)CC2CN)C1. The number of carbonyl (C=O) groups excluding carboxylic acids is 1. The van der Waals surface area contributed by atoms with Gasteiger partial charge < -0.3 is 20.3 Å². The first-order chi connectivity index (χ1) is 9.13. The standard InChI is InChI=1S/C14H27N3O2/c1-3-19-13-6-11(7-13)8-14(18)17-5-4-16(2)10-12(17)9-15/h11-13H,3-10,15H2,1-2H3. The van der Waals surface area contributed by atoms with Gasteiger partial charge in [0.2, 0.25) is 5.91 Å². The predicted octanol–water partition coefficient (Wildman–Crippen LogP) is 0.293. The van der Waals surface area contributed by atoms with Crippen LogP contribution in [0.25, 0.3) is 0 Å². The molecule has 0 bridgehead atoms. The second-order valence-corrected chi connectivity index (χ2v) is 5.86. The number of hydrogen-bond acceptors (Lipinski definition) is 4. The second-order valence-electron chi connectivity index (χ2n) is 5.86. The smallest absolute Gasteiger partial charge is 0.223 e. The van der Waals surface area contributed by atoms with E-state index in [0.29, 0.717) is 25.0 Å². The van der Waals surface area contributed by atoms with Gasteiger partial charge in [-0.2, -0.15) is 0 Å². The number of amides is 1. The van der Waals surface area contributed by atoms with E-state index in [4.69, 9.17) is 10.5 Å². The largest absolute Gasteiger partial charge is 0.378 e. The average Bonchev–Trinajstić information content (AvgIpc) is 2.35. The summed E-state index contributed by atoms with van der Waals surface area (Å²) in [6.45, 7) is 6.03. The fourth-order valence-corrected chi connectivity index (χ4v) is 3.12. The maximum Gasteiger partial charge on any atom is 0.223 e. The fraction of sp³-hybridized carbons (Fsp3) is 0.929. The monoisotopic (exact) mass is 269 g/mol. The lowest BCUT2D eigenvalue weighted by atomic mass is 9.79. The van der Waals surface area contributed by atoms with E-state index in [-0.39, 0.29) is 11.9 Å². The van der Waals surface area contributed by atoms with Gasteiger partial charge in [-0.15, -0.1) is 0 Å². The first-order valence-electron chi connectivity index (χ1n) is 7.43. The summed E-state index contributed by atoms with van der Waals surface area (Å²) in [5, 5.41) is 0. The summed E-state index contributed by atoms with van der Waals surface area (Å²) < 4.78 is 5.54. The summed E-state index contributed by atoms with van der Waals surface area (Å²) in [4.78, 5) is 16.6. The van der Waals surface area contributed by atoms with Gasteiger partial charge in [-0.25, -0.2) is 0 Å². The Morgan fingerprint density at radius 3 is 2.74 bits per heavy atom. The highest BCUT2D eigenvalue weighted by atomic mass is 16.5. The van der Waals surface area contributed by atoms with Crippen LogP contribution in [0.1, 0.15) is 26.2 Å². The molecule has 2 fully saturated rings. The highest BCUT2D eigenvalue weighted by Gasteiger charge is 2.34. The third kappa shape index (κ3) is 3.68. The Kier molecular flexibility index (Phi) is 5.19. The Hall–Kier alpha value is -0.650. The fourth-order valence-electron chi connectivity index (χ4n) is 3.12. The van der Waals surface area contributed by atoms with Crippen LogP contribution in [0.4, 0.5) is 0 Å². The molecule has 2 aliphatic rings. The van der Waals surface area contributed by atoms with Gasteiger partial charge in [-0.1, -0.05) is 0 Å². The summed E-state index contributed by atoms with van der Waals surface area (Å²) in [5.41, 5.74) is 5.79. The van der Waals surface area contributed by atoms with Crippen molar-refractivity contribution in [2.45, 2.75) is 38.3 Å². The topological polar surface area (TPSA) is 58.8 Å². The predicted molar refractivity (Wildman–Crippen MR) is 74.8 cm³/mol. The first-order valence-corrected chi connectivity index (χ1v) is 7.43. The quantitative estimate of drug-likeness (QED) is 0.779. The Balaban J connectivity index is 1.76. The molecule has 2 N–H and O–H groups in total. The van der Waals surface area contributed by atoms with Gasteiger partial charge in [0.25, 0.3) is 0 Å². The summed E-state index contributed by atoms with van der Waals surface area (Å²) in [6, 6.07) is 0.189. The molecule has 0 aromatic heterocycles. The Labute approximate surface area is 116 Å². The zero-order valence-electron chi connectivity index (χ0n) is 12.2. The van der Waals surface area contributed by atoms with Crippen LogP contribution in [0, 0.1) is 5.92 Å². The molecule has 110 valence electrons. The van der Waals surface area contributed by atoms with Crippen LogP contribution in [-0.4, -0.2) is 67.7 Å². The molecular formula is C14H27N3O2. The van der Waals surface area contributed by atoms with E-state index in [1.807, 2.05) is 11.8 Å². The van der Waals surface area contributed by atoms with Crippen LogP contribution in [0.5, 0.6) is 0 Å². The second kappa shape index (κ2) is 6.68. The summed E-state index contributed by atoms with van der Waals surface area (Å²) >= 11 is 0. The molecule has 0 aromatic carbocycles. The van der Waals surface area contributed by atoms with E-state index >= 15 is 0 Å².